The van der Waals surface area contributed by atoms with Crippen LogP contribution >= 0.6 is 11.3 Å². The summed E-state index contributed by atoms with van der Waals surface area (Å²) in [5, 5.41) is 17.5. The Morgan fingerprint density at radius 1 is 1.17 bits per heavy atom. The molecule has 2 aromatic carbocycles. The van der Waals surface area contributed by atoms with Gasteiger partial charge >= 0.3 is 0 Å². The van der Waals surface area contributed by atoms with Gasteiger partial charge in [0.15, 0.2) is 0 Å². The molecule has 2 heterocycles. The van der Waals surface area contributed by atoms with Crippen molar-refractivity contribution < 1.29 is 4.92 Å². The molecule has 0 radical (unpaired) electrons. The van der Waals surface area contributed by atoms with E-state index in [1.54, 1.807) is 23.5 Å². The summed E-state index contributed by atoms with van der Waals surface area (Å²) < 4.78 is 1.05. The van der Waals surface area contributed by atoms with Gasteiger partial charge in [0.2, 0.25) is 0 Å². The molecule has 0 saturated heterocycles. The summed E-state index contributed by atoms with van der Waals surface area (Å²) in [6.45, 7) is 0.816. The lowest BCUT2D eigenvalue weighted by Crippen LogP contribution is -2.02. The molecule has 0 fully saturated rings. The van der Waals surface area contributed by atoms with Crippen molar-refractivity contribution in [2.75, 3.05) is 11.9 Å². The van der Waals surface area contributed by atoms with Crippen molar-refractivity contribution in [3.63, 3.8) is 0 Å². The number of nitro benzene ring substituents is 1. The van der Waals surface area contributed by atoms with Crippen LogP contribution in [0.15, 0.2) is 54.7 Å². The number of hydrogen-bond acceptors (Lipinski definition) is 4. The van der Waals surface area contributed by atoms with E-state index >= 15 is 0 Å². The Kier molecular flexibility index (Phi) is 3.66. The number of fused-ring (bicyclic) bond motifs is 2. The Balaban J connectivity index is 1.47. The van der Waals surface area contributed by atoms with Gasteiger partial charge in [-0.25, -0.2) is 0 Å². The molecule has 4 aromatic rings. The minimum atomic E-state index is -0.360. The highest BCUT2D eigenvalue weighted by Gasteiger charge is 2.09. The highest BCUT2D eigenvalue weighted by molar-refractivity contribution is 7.22. The number of aromatic amines is 1. The largest absolute Gasteiger partial charge is 0.377 e. The first-order chi connectivity index (χ1) is 11.7. The number of para-hydroxylation sites is 1. The van der Waals surface area contributed by atoms with Gasteiger partial charge in [-0.2, -0.15) is 0 Å². The molecule has 0 aliphatic heterocycles. The molecule has 24 heavy (non-hydrogen) atoms. The van der Waals surface area contributed by atoms with Gasteiger partial charge in [0.25, 0.3) is 5.69 Å². The number of thiophene rings is 1. The molecule has 0 saturated carbocycles. The average molecular weight is 337 g/mol. The maximum absolute atomic E-state index is 10.9. The normalized spacial score (nSPS) is 11.2. The lowest BCUT2D eigenvalue weighted by atomic mass is 10.1. The van der Waals surface area contributed by atoms with Gasteiger partial charge in [0, 0.05) is 45.9 Å². The first-order valence-electron chi connectivity index (χ1n) is 7.67. The van der Waals surface area contributed by atoms with Crippen molar-refractivity contribution in [2.24, 2.45) is 0 Å². The van der Waals surface area contributed by atoms with Crippen molar-refractivity contribution in [3.05, 3.63) is 70.4 Å². The van der Waals surface area contributed by atoms with Crippen molar-refractivity contribution in [3.8, 4) is 0 Å². The number of nitro groups is 1. The number of aromatic nitrogens is 1. The molecule has 0 bridgehead atoms. The van der Waals surface area contributed by atoms with Crippen molar-refractivity contribution in [1.29, 1.82) is 0 Å². The molecule has 0 aliphatic carbocycles. The second-order valence-corrected chi connectivity index (χ2v) is 6.71. The van der Waals surface area contributed by atoms with Crippen LogP contribution in [-0.2, 0) is 6.42 Å². The number of H-pyrrole nitrogens is 1. The second-order valence-electron chi connectivity index (χ2n) is 5.63. The molecule has 0 aliphatic rings. The van der Waals surface area contributed by atoms with Gasteiger partial charge in [0.05, 0.1) is 9.92 Å². The van der Waals surface area contributed by atoms with Gasteiger partial charge in [-0.3, -0.25) is 10.1 Å². The van der Waals surface area contributed by atoms with Crippen LogP contribution < -0.4 is 5.32 Å². The number of hydrogen-bond donors (Lipinski definition) is 2. The fourth-order valence-electron chi connectivity index (χ4n) is 2.89. The van der Waals surface area contributed by atoms with Gasteiger partial charge in [-0.05, 0) is 30.2 Å². The maximum atomic E-state index is 10.9. The summed E-state index contributed by atoms with van der Waals surface area (Å²) in [7, 11) is 0. The standard InChI is InChI=1S/C18H15N3O2S/c22-21(23)14-5-6-17-13(9-14)10-18(24-17)19-8-7-12-11-20-16-4-2-1-3-15(12)16/h1-6,9-11,19-20H,7-8H2. The fourth-order valence-corrected chi connectivity index (χ4v) is 3.86. The molecule has 5 nitrogen and oxygen atoms in total. The Hall–Kier alpha value is -2.86. The minimum absolute atomic E-state index is 0.130. The predicted molar refractivity (Wildman–Crippen MR) is 99.0 cm³/mol. The molecule has 0 unspecified atom stereocenters. The van der Waals surface area contributed by atoms with E-state index in [1.165, 1.54) is 10.9 Å². The SMILES string of the molecule is O=[N+]([O-])c1ccc2sc(NCCc3c[nH]c4ccccc34)cc2c1. The molecule has 0 amide bonds. The average Bonchev–Trinajstić information content (AvgIpc) is 3.18. The number of nitrogens with one attached hydrogen (secondary N) is 2. The van der Waals surface area contributed by atoms with Crippen LogP contribution in [0.25, 0.3) is 21.0 Å². The third-order valence-corrected chi connectivity index (χ3v) is 5.15. The molecule has 0 spiro atoms. The van der Waals surface area contributed by atoms with Crippen LogP contribution in [0.2, 0.25) is 0 Å². The van der Waals surface area contributed by atoms with E-state index in [4.69, 9.17) is 0 Å². The zero-order valence-corrected chi connectivity index (χ0v) is 13.6. The summed E-state index contributed by atoms with van der Waals surface area (Å²) in [5.74, 6) is 0. The van der Waals surface area contributed by atoms with Crippen LogP contribution in [-0.4, -0.2) is 16.5 Å². The number of rotatable bonds is 5. The minimum Gasteiger partial charge on any atom is -0.377 e. The molecular formula is C18H15N3O2S. The van der Waals surface area contributed by atoms with Crippen LogP contribution in [0, 0.1) is 10.1 Å². The van der Waals surface area contributed by atoms with Crippen LogP contribution in [0.3, 0.4) is 0 Å². The van der Waals surface area contributed by atoms with Crippen molar-refractivity contribution >= 4 is 43.0 Å². The second kappa shape index (κ2) is 5.98. The van der Waals surface area contributed by atoms with E-state index in [0.717, 1.165) is 33.6 Å². The number of anilines is 1. The van der Waals surface area contributed by atoms with E-state index in [1.807, 2.05) is 24.3 Å². The highest BCUT2D eigenvalue weighted by atomic mass is 32.1. The van der Waals surface area contributed by atoms with E-state index in [0.29, 0.717) is 0 Å². The zero-order valence-electron chi connectivity index (χ0n) is 12.8. The Labute approximate surface area is 142 Å². The fraction of sp³-hybridized carbons (Fsp3) is 0.111. The maximum Gasteiger partial charge on any atom is 0.270 e. The number of nitrogens with zero attached hydrogens (tertiary/aromatic N) is 1. The van der Waals surface area contributed by atoms with Crippen molar-refractivity contribution in [2.45, 2.75) is 6.42 Å². The smallest absolute Gasteiger partial charge is 0.270 e. The van der Waals surface area contributed by atoms with Crippen LogP contribution in [0.4, 0.5) is 10.7 Å². The summed E-state index contributed by atoms with van der Waals surface area (Å²) >= 11 is 1.62. The Morgan fingerprint density at radius 2 is 2.04 bits per heavy atom. The zero-order chi connectivity index (χ0) is 16.5. The molecule has 120 valence electrons. The third-order valence-electron chi connectivity index (χ3n) is 4.08. The Morgan fingerprint density at radius 3 is 2.92 bits per heavy atom. The highest BCUT2D eigenvalue weighted by Crippen LogP contribution is 2.32. The molecule has 2 aromatic heterocycles. The topological polar surface area (TPSA) is 71.0 Å². The lowest BCUT2D eigenvalue weighted by Gasteiger charge is -2.02. The monoisotopic (exact) mass is 337 g/mol. The van der Waals surface area contributed by atoms with Gasteiger partial charge in [-0.1, -0.05) is 18.2 Å². The van der Waals surface area contributed by atoms with E-state index in [2.05, 4.69) is 28.6 Å². The first kappa shape index (κ1) is 14.7. The molecule has 4 rings (SSSR count). The summed E-state index contributed by atoms with van der Waals surface area (Å²) in [6.07, 6.45) is 2.97. The van der Waals surface area contributed by atoms with E-state index in [-0.39, 0.29) is 10.6 Å². The molecule has 0 atom stereocenters. The third kappa shape index (κ3) is 2.72. The molecule has 2 N–H and O–H groups in total. The van der Waals surface area contributed by atoms with Crippen LogP contribution in [0.5, 0.6) is 0 Å². The predicted octanol–water partition coefficient (Wildman–Crippen LogP) is 4.95. The molecule has 6 heteroatoms. The van der Waals surface area contributed by atoms with Gasteiger partial charge < -0.3 is 10.3 Å². The summed E-state index contributed by atoms with van der Waals surface area (Å²) in [4.78, 5) is 13.8. The van der Waals surface area contributed by atoms with Crippen LogP contribution in [0.1, 0.15) is 5.56 Å². The quantitative estimate of drug-likeness (QED) is 0.400. The van der Waals surface area contributed by atoms with Gasteiger partial charge in [-0.15, -0.1) is 11.3 Å². The number of benzene rings is 2. The molecular weight excluding hydrogens is 322 g/mol. The Bertz CT molecular complexity index is 1040. The number of non-ortho nitro benzene ring substituents is 1. The van der Waals surface area contributed by atoms with Gasteiger partial charge in [0.1, 0.15) is 0 Å². The van der Waals surface area contributed by atoms with E-state index < -0.39 is 0 Å². The van der Waals surface area contributed by atoms with E-state index in [9.17, 15) is 10.1 Å². The summed E-state index contributed by atoms with van der Waals surface area (Å²) in [5.41, 5.74) is 2.57. The first-order valence-corrected chi connectivity index (χ1v) is 8.49. The van der Waals surface area contributed by atoms with Crippen molar-refractivity contribution in [1.82, 2.24) is 4.98 Å². The summed E-state index contributed by atoms with van der Waals surface area (Å²) in [6, 6.07) is 15.2. The lowest BCUT2D eigenvalue weighted by molar-refractivity contribution is -0.384.